The lowest BCUT2D eigenvalue weighted by Gasteiger charge is -2.10. The number of ether oxygens (including phenoxy) is 2. The van der Waals surface area contributed by atoms with Crippen molar-refractivity contribution in [2.45, 2.75) is 12.7 Å². The number of hydrogen-bond donors (Lipinski definition) is 3. The molecule has 0 unspecified atom stereocenters. The first-order chi connectivity index (χ1) is 18.7. The molecule has 3 N–H and O–H groups in total. The van der Waals surface area contributed by atoms with E-state index in [4.69, 9.17) is 9.47 Å². The number of rotatable bonds is 9. The molecule has 12 nitrogen and oxygen atoms in total. The Morgan fingerprint density at radius 1 is 1.10 bits per heavy atom. The van der Waals surface area contributed by atoms with Crippen LogP contribution in [0.5, 0.6) is 11.5 Å². The van der Waals surface area contributed by atoms with Crippen molar-refractivity contribution in [1.29, 1.82) is 0 Å². The predicted molar refractivity (Wildman–Crippen MR) is 132 cm³/mol. The number of alkyl halides is 3. The number of hydrazone groups is 1. The Balaban J connectivity index is 1.41. The number of carbonyl (C=O) groups excluding carboxylic acids is 2. The zero-order valence-electron chi connectivity index (χ0n) is 20.5. The van der Waals surface area contributed by atoms with E-state index in [0.717, 1.165) is 10.9 Å². The van der Waals surface area contributed by atoms with E-state index in [1.165, 1.54) is 20.4 Å². The highest BCUT2D eigenvalue weighted by Gasteiger charge is 2.38. The molecule has 2 heterocycles. The van der Waals surface area contributed by atoms with Crippen LogP contribution in [0.1, 0.15) is 21.7 Å². The Kier molecular flexibility index (Phi) is 7.88. The quantitative estimate of drug-likeness (QED) is 0.217. The van der Waals surface area contributed by atoms with Crippen LogP contribution in [0.2, 0.25) is 0 Å². The molecule has 4 aromatic rings. The number of halogens is 3. The molecule has 0 saturated heterocycles. The molecule has 39 heavy (non-hydrogen) atoms. The lowest BCUT2D eigenvalue weighted by molar-refractivity contribution is -0.140. The minimum Gasteiger partial charge on any atom is -0.493 e. The maximum absolute atomic E-state index is 13.5. The molecule has 0 aliphatic carbocycles. The van der Waals surface area contributed by atoms with Crippen molar-refractivity contribution in [1.82, 2.24) is 30.6 Å². The summed E-state index contributed by atoms with van der Waals surface area (Å²) in [6.45, 7) is -0.522. The summed E-state index contributed by atoms with van der Waals surface area (Å²) in [4.78, 5) is 24.9. The summed E-state index contributed by atoms with van der Waals surface area (Å²) in [5.74, 6) is -0.568. The van der Waals surface area contributed by atoms with Gasteiger partial charge in [-0.2, -0.15) is 23.4 Å². The highest BCUT2D eigenvalue weighted by molar-refractivity contribution is 5.96. The summed E-state index contributed by atoms with van der Waals surface area (Å²) >= 11 is 0. The van der Waals surface area contributed by atoms with Crippen LogP contribution in [0.3, 0.4) is 0 Å². The number of carbonyl (C=O) groups is 2. The Bertz CT molecular complexity index is 1500. The topological polar surface area (TPSA) is 148 Å². The maximum atomic E-state index is 13.5. The summed E-state index contributed by atoms with van der Waals surface area (Å²) in [6, 6.07) is 13.1. The second kappa shape index (κ2) is 11.5. The number of benzene rings is 2. The summed E-state index contributed by atoms with van der Waals surface area (Å²) in [5, 5.41) is 19.1. The number of H-pyrrole nitrogens is 1. The van der Waals surface area contributed by atoms with Gasteiger partial charge in [0.1, 0.15) is 12.2 Å². The zero-order chi connectivity index (χ0) is 28.0. The highest BCUT2D eigenvalue weighted by atomic mass is 19.4. The van der Waals surface area contributed by atoms with Crippen LogP contribution in [0.25, 0.3) is 11.3 Å². The average Bonchev–Trinajstić information content (AvgIpc) is 3.56. The van der Waals surface area contributed by atoms with Crippen molar-refractivity contribution in [2.75, 3.05) is 19.5 Å². The third kappa shape index (κ3) is 6.38. The lowest BCUT2D eigenvalue weighted by Crippen LogP contribution is -2.21. The van der Waals surface area contributed by atoms with Gasteiger partial charge in [-0.1, -0.05) is 35.5 Å². The van der Waals surface area contributed by atoms with E-state index in [2.05, 4.69) is 31.3 Å². The van der Waals surface area contributed by atoms with E-state index in [-0.39, 0.29) is 11.4 Å². The number of nitrogens with one attached hydrogen (secondary N) is 3. The second-order valence-corrected chi connectivity index (χ2v) is 7.85. The SMILES string of the molecule is COc1ccc(/C=N/NC(=O)c2cn(CC(=O)Nc3c(-c4ccccc4)n[nH]c3C(F)(F)F)nn2)cc1OC. The van der Waals surface area contributed by atoms with Crippen LogP contribution in [-0.4, -0.2) is 57.4 Å². The number of amides is 2. The van der Waals surface area contributed by atoms with Crippen LogP contribution < -0.4 is 20.2 Å². The highest BCUT2D eigenvalue weighted by Crippen LogP contribution is 2.38. The first-order valence-corrected chi connectivity index (χ1v) is 11.2. The molecule has 0 aliphatic rings. The van der Waals surface area contributed by atoms with Crippen LogP contribution in [0.15, 0.2) is 59.8 Å². The fraction of sp³-hybridized carbons (Fsp3) is 0.167. The normalized spacial score (nSPS) is 11.4. The van der Waals surface area contributed by atoms with E-state index in [1.54, 1.807) is 48.5 Å². The third-order valence-corrected chi connectivity index (χ3v) is 5.23. The van der Waals surface area contributed by atoms with Gasteiger partial charge in [-0.05, 0) is 23.8 Å². The molecule has 0 atom stereocenters. The van der Waals surface area contributed by atoms with Gasteiger partial charge >= 0.3 is 6.18 Å². The molecule has 0 spiro atoms. The van der Waals surface area contributed by atoms with E-state index >= 15 is 0 Å². The van der Waals surface area contributed by atoms with E-state index in [9.17, 15) is 22.8 Å². The van der Waals surface area contributed by atoms with Crippen molar-refractivity contribution < 1.29 is 32.2 Å². The summed E-state index contributed by atoms with van der Waals surface area (Å²) in [5.41, 5.74) is 1.27. The van der Waals surface area contributed by atoms with Gasteiger partial charge in [-0.25, -0.2) is 10.1 Å². The zero-order valence-corrected chi connectivity index (χ0v) is 20.5. The smallest absolute Gasteiger partial charge is 0.434 e. The number of nitrogens with zero attached hydrogens (tertiary/aromatic N) is 5. The fourth-order valence-electron chi connectivity index (χ4n) is 3.44. The Morgan fingerprint density at radius 2 is 1.85 bits per heavy atom. The molecule has 202 valence electrons. The van der Waals surface area contributed by atoms with Crippen molar-refractivity contribution >= 4 is 23.7 Å². The number of anilines is 1. The molecule has 0 bridgehead atoms. The lowest BCUT2D eigenvalue weighted by atomic mass is 10.1. The predicted octanol–water partition coefficient (Wildman–Crippen LogP) is 3.11. The van der Waals surface area contributed by atoms with Gasteiger partial charge in [-0.3, -0.25) is 14.7 Å². The van der Waals surface area contributed by atoms with Crippen LogP contribution in [0, 0.1) is 0 Å². The molecular formula is C24H21F3N8O4. The van der Waals surface area contributed by atoms with Crippen molar-refractivity contribution in [3.63, 3.8) is 0 Å². The van der Waals surface area contributed by atoms with Gasteiger partial charge in [-0.15, -0.1) is 5.10 Å². The monoisotopic (exact) mass is 542 g/mol. The molecule has 0 saturated carbocycles. The first kappa shape index (κ1) is 26.8. The minimum atomic E-state index is -4.79. The number of aromatic amines is 1. The molecule has 2 aromatic carbocycles. The number of hydrogen-bond acceptors (Lipinski definition) is 8. The van der Waals surface area contributed by atoms with E-state index in [1.807, 2.05) is 5.10 Å². The van der Waals surface area contributed by atoms with E-state index in [0.29, 0.717) is 22.6 Å². The molecule has 4 rings (SSSR count). The van der Waals surface area contributed by atoms with Gasteiger partial charge in [0.25, 0.3) is 5.91 Å². The summed E-state index contributed by atoms with van der Waals surface area (Å²) in [7, 11) is 2.98. The summed E-state index contributed by atoms with van der Waals surface area (Å²) in [6.07, 6.45) is -2.27. The van der Waals surface area contributed by atoms with Crippen LogP contribution in [-0.2, 0) is 17.5 Å². The number of methoxy groups -OCH3 is 2. The molecular weight excluding hydrogens is 521 g/mol. The fourth-order valence-corrected chi connectivity index (χ4v) is 3.44. The molecule has 0 fully saturated rings. The Labute approximate surface area is 218 Å². The van der Waals surface area contributed by atoms with Gasteiger partial charge in [0.2, 0.25) is 5.91 Å². The van der Waals surface area contributed by atoms with Crippen molar-refractivity contribution in [2.24, 2.45) is 5.10 Å². The third-order valence-electron chi connectivity index (χ3n) is 5.23. The molecule has 0 aliphatic heterocycles. The Morgan fingerprint density at radius 3 is 2.54 bits per heavy atom. The standard InChI is InChI=1S/C24H21F3N8O4/c1-38-17-9-8-14(10-18(17)39-2)11-28-33-23(37)16-12-35(34-30-16)13-19(36)29-21-20(15-6-4-3-5-7-15)31-32-22(21)24(25,26)27/h3-12H,13H2,1-2H3,(H,29,36)(H,31,32)(H,33,37)/b28-11+. The van der Waals surface area contributed by atoms with Crippen molar-refractivity contribution in [3.8, 4) is 22.8 Å². The van der Waals surface area contributed by atoms with E-state index < -0.39 is 35.9 Å². The molecule has 2 amide bonds. The second-order valence-electron chi connectivity index (χ2n) is 7.85. The first-order valence-electron chi connectivity index (χ1n) is 11.2. The molecule has 0 radical (unpaired) electrons. The molecule has 2 aromatic heterocycles. The van der Waals surface area contributed by atoms with Crippen LogP contribution in [0.4, 0.5) is 18.9 Å². The van der Waals surface area contributed by atoms with Gasteiger partial charge in [0.05, 0.1) is 32.3 Å². The molecule has 15 heteroatoms. The average molecular weight is 542 g/mol. The summed E-state index contributed by atoms with van der Waals surface area (Å²) < 4.78 is 51.9. The minimum absolute atomic E-state index is 0.0812. The van der Waals surface area contributed by atoms with Gasteiger partial charge in [0.15, 0.2) is 22.9 Å². The maximum Gasteiger partial charge on any atom is 0.434 e. The van der Waals surface area contributed by atoms with Crippen LogP contribution >= 0.6 is 0 Å². The van der Waals surface area contributed by atoms with Crippen molar-refractivity contribution in [3.05, 3.63) is 71.7 Å². The van der Waals surface area contributed by atoms with Gasteiger partial charge in [0, 0.05) is 5.56 Å². The van der Waals surface area contributed by atoms with Gasteiger partial charge < -0.3 is 14.8 Å². The number of aromatic nitrogens is 5. The largest absolute Gasteiger partial charge is 0.493 e. The Hall–Kier alpha value is -5.21.